The first kappa shape index (κ1) is 15.1. The van der Waals surface area contributed by atoms with Crippen molar-refractivity contribution in [2.75, 3.05) is 0 Å². The zero-order valence-corrected chi connectivity index (χ0v) is 12.7. The fourth-order valence-corrected chi connectivity index (χ4v) is 4.38. The molecule has 1 heterocycles. The van der Waals surface area contributed by atoms with Crippen molar-refractivity contribution in [2.24, 2.45) is 7.05 Å². The molecule has 0 saturated heterocycles. The maximum atomic E-state index is 14.1. The van der Waals surface area contributed by atoms with E-state index < -0.39 is 27.2 Å². The van der Waals surface area contributed by atoms with E-state index >= 15 is 0 Å². The largest absolute Gasteiger partial charge is 0.258 e. The number of halogens is 2. The van der Waals surface area contributed by atoms with Gasteiger partial charge in [0.1, 0.15) is 11.6 Å². The maximum Gasteiger partial charge on any atom is 0.258 e. The van der Waals surface area contributed by atoms with Gasteiger partial charge in [-0.15, -0.1) is 0 Å². The average molecular weight is 327 g/mol. The lowest BCUT2D eigenvalue weighted by atomic mass is 9.72. The summed E-state index contributed by atoms with van der Waals surface area (Å²) < 4.78 is 56.8. The molecule has 1 aromatic heterocycles. The van der Waals surface area contributed by atoms with E-state index in [0.29, 0.717) is 19.3 Å². The van der Waals surface area contributed by atoms with Crippen molar-refractivity contribution < 1.29 is 17.2 Å². The van der Waals surface area contributed by atoms with Crippen LogP contribution in [0.4, 0.5) is 8.78 Å². The van der Waals surface area contributed by atoms with Gasteiger partial charge in [0.2, 0.25) is 0 Å². The van der Waals surface area contributed by atoms with Crippen LogP contribution in [-0.4, -0.2) is 18.2 Å². The monoisotopic (exact) mass is 327 g/mol. The number of aryl methyl sites for hydroxylation is 1. The summed E-state index contributed by atoms with van der Waals surface area (Å²) in [6.07, 6.45) is 2.75. The number of aromatic nitrogens is 2. The van der Waals surface area contributed by atoms with E-state index in [2.05, 4.69) is 9.82 Å². The van der Waals surface area contributed by atoms with Crippen LogP contribution < -0.4 is 4.72 Å². The van der Waals surface area contributed by atoms with Gasteiger partial charge in [0.25, 0.3) is 10.0 Å². The molecular weight excluding hydrogens is 312 g/mol. The Bertz CT molecular complexity index is 793. The first-order valence-corrected chi connectivity index (χ1v) is 8.30. The van der Waals surface area contributed by atoms with Gasteiger partial charge >= 0.3 is 0 Å². The van der Waals surface area contributed by atoms with E-state index in [-0.39, 0.29) is 10.6 Å². The molecule has 0 spiro atoms. The lowest BCUT2D eigenvalue weighted by Gasteiger charge is -2.42. The molecule has 3 rings (SSSR count). The van der Waals surface area contributed by atoms with Gasteiger partial charge in [-0.25, -0.2) is 17.2 Å². The minimum absolute atomic E-state index is 0.0458. The molecule has 22 heavy (non-hydrogen) atoms. The highest BCUT2D eigenvalue weighted by Crippen LogP contribution is 2.44. The summed E-state index contributed by atoms with van der Waals surface area (Å²) in [5, 5.41) is 3.77. The molecule has 0 radical (unpaired) electrons. The Labute approximate surface area is 127 Å². The second-order valence-electron chi connectivity index (χ2n) is 5.43. The lowest BCUT2D eigenvalue weighted by molar-refractivity contribution is 0.208. The summed E-state index contributed by atoms with van der Waals surface area (Å²) in [5.41, 5.74) is -1.45. The number of nitrogens with zero attached hydrogens (tertiary/aromatic N) is 2. The number of rotatable bonds is 4. The molecule has 1 aromatic carbocycles. The maximum absolute atomic E-state index is 14.1. The molecular formula is C14H15F2N3O2S. The smallest absolute Gasteiger partial charge is 0.256 e. The Kier molecular flexibility index (Phi) is 3.53. The van der Waals surface area contributed by atoms with Crippen LogP contribution in [0.15, 0.2) is 35.5 Å². The zero-order chi connectivity index (χ0) is 16.0. The molecule has 0 bridgehead atoms. The molecule has 118 valence electrons. The summed E-state index contributed by atoms with van der Waals surface area (Å²) in [6, 6.07) is 4.87. The van der Waals surface area contributed by atoms with E-state index in [1.807, 2.05) is 0 Å². The van der Waals surface area contributed by atoms with Crippen molar-refractivity contribution in [3.8, 4) is 0 Å². The van der Waals surface area contributed by atoms with Crippen molar-refractivity contribution in [2.45, 2.75) is 29.8 Å². The van der Waals surface area contributed by atoms with Gasteiger partial charge in [0.05, 0.1) is 11.7 Å². The minimum Gasteiger partial charge on any atom is -0.256 e. The van der Waals surface area contributed by atoms with E-state index in [1.54, 1.807) is 0 Å². The van der Waals surface area contributed by atoms with Gasteiger partial charge in [0, 0.05) is 12.6 Å². The SMILES string of the molecule is Cn1nccc1S(=O)(=O)NC1(c2c(F)cccc2F)CCC1. The van der Waals surface area contributed by atoms with Crippen molar-refractivity contribution >= 4 is 10.0 Å². The summed E-state index contributed by atoms with van der Waals surface area (Å²) in [4.78, 5) is 0. The zero-order valence-electron chi connectivity index (χ0n) is 11.9. The Morgan fingerprint density at radius 2 is 1.86 bits per heavy atom. The Morgan fingerprint density at radius 1 is 1.23 bits per heavy atom. The topological polar surface area (TPSA) is 64.0 Å². The van der Waals surface area contributed by atoms with Crippen LogP contribution in [0.25, 0.3) is 0 Å². The predicted molar refractivity (Wildman–Crippen MR) is 75.4 cm³/mol. The van der Waals surface area contributed by atoms with Gasteiger partial charge in [-0.2, -0.15) is 9.82 Å². The van der Waals surface area contributed by atoms with Crippen molar-refractivity contribution in [3.05, 3.63) is 47.7 Å². The van der Waals surface area contributed by atoms with Crippen molar-refractivity contribution in [1.82, 2.24) is 14.5 Å². The van der Waals surface area contributed by atoms with Gasteiger partial charge in [-0.3, -0.25) is 4.68 Å². The Balaban J connectivity index is 2.04. The van der Waals surface area contributed by atoms with E-state index in [9.17, 15) is 17.2 Å². The molecule has 0 aliphatic heterocycles. The predicted octanol–water partition coefficient (Wildman–Crippen LogP) is 2.06. The van der Waals surface area contributed by atoms with Crippen LogP contribution in [0.5, 0.6) is 0 Å². The second kappa shape index (κ2) is 5.13. The highest BCUT2D eigenvalue weighted by atomic mass is 32.2. The van der Waals surface area contributed by atoms with Crippen LogP contribution in [-0.2, 0) is 22.6 Å². The number of sulfonamides is 1. The summed E-state index contributed by atoms with van der Waals surface area (Å²) in [5.74, 6) is -1.49. The molecule has 8 heteroatoms. The number of nitrogens with one attached hydrogen (secondary N) is 1. The van der Waals surface area contributed by atoms with E-state index in [4.69, 9.17) is 0 Å². The molecule has 0 amide bonds. The molecule has 5 nitrogen and oxygen atoms in total. The van der Waals surface area contributed by atoms with Crippen LogP contribution in [0.1, 0.15) is 24.8 Å². The fraction of sp³-hybridized carbons (Fsp3) is 0.357. The standard InChI is InChI=1S/C14H15F2N3O2S/c1-19-12(6-9-17-19)22(20,21)18-14(7-3-8-14)13-10(15)4-2-5-11(13)16/h2,4-6,9,18H,3,7-8H2,1H3. The highest BCUT2D eigenvalue weighted by molar-refractivity contribution is 7.89. The third-order valence-corrected chi connectivity index (χ3v) is 5.64. The molecule has 1 fully saturated rings. The molecule has 1 saturated carbocycles. The molecule has 1 aliphatic rings. The van der Waals surface area contributed by atoms with E-state index in [1.165, 1.54) is 30.1 Å². The van der Waals surface area contributed by atoms with Crippen molar-refractivity contribution in [3.63, 3.8) is 0 Å². The minimum atomic E-state index is -3.93. The number of benzene rings is 1. The highest BCUT2D eigenvalue weighted by Gasteiger charge is 2.46. The van der Waals surface area contributed by atoms with Crippen LogP contribution in [0.3, 0.4) is 0 Å². The molecule has 0 atom stereocenters. The fourth-order valence-electron chi connectivity index (χ4n) is 2.82. The first-order valence-electron chi connectivity index (χ1n) is 6.82. The quantitative estimate of drug-likeness (QED) is 0.935. The van der Waals surface area contributed by atoms with Gasteiger partial charge in [0.15, 0.2) is 5.03 Å². The number of hydrogen-bond acceptors (Lipinski definition) is 3. The lowest BCUT2D eigenvalue weighted by Crippen LogP contribution is -2.52. The Morgan fingerprint density at radius 3 is 2.32 bits per heavy atom. The molecule has 0 unspecified atom stereocenters. The number of hydrogen-bond donors (Lipinski definition) is 1. The normalized spacial score (nSPS) is 17.2. The van der Waals surface area contributed by atoms with E-state index in [0.717, 1.165) is 12.1 Å². The van der Waals surface area contributed by atoms with Crippen molar-refractivity contribution in [1.29, 1.82) is 0 Å². The molecule has 2 aromatic rings. The summed E-state index contributed by atoms with van der Waals surface area (Å²) >= 11 is 0. The molecule has 1 aliphatic carbocycles. The van der Waals surface area contributed by atoms with Crippen LogP contribution in [0, 0.1) is 11.6 Å². The van der Waals surface area contributed by atoms with Gasteiger partial charge in [-0.1, -0.05) is 6.07 Å². The van der Waals surface area contributed by atoms with Gasteiger partial charge < -0.3 is 0 Å². The Hall–Kier alpha value is -1.80. The first-order chi connectivity index (χ1) is 10.4. The molecule has 1 N–H and O–H groups in total. The summed E-state index contributed by atoms with van der Waals surface area (Å²) in [6.45, 7) is 0. The third kappa shape index (κ3) is 2.32. The summed E-state index contributed by atoms with van der Waals surface area (Å²) in [7, 11) is -2.44. The third-order valence-electron chi connectivity index (χ3n) is 4.03. The van der Waals surface area contributed by atoms with Gasteiger partial charge in [-0.05, 0) is 37.5 Å². The average Bonchev–Trinajstić information content (AvgIpc) is 2.82. The van der Waals surface area contributed by atoms with Crippen LogP contribution >= 0.6 is 0 Å². The van der Waals surface area contributed by atoms with Crippen LogP contribution in [0.2, 0.25) is 0 Å². The second-order valence-corrected chi connectivity index (χ2v) is 7.06.